The van der Waals surface area contributed by atoms with Crippen molar-refractivity contribution < 1.29 is 14.3 Å². The summed E-state index contributed by atoms with van der Waals surface area (Å²) in [5, 5.41) is 8.20. The Balaban J connectivity index is 1.44. The first kappa shape index (κ1) is 30.1. The van der Waals surface area contributed by atoms with Crippen LogP contribution in [0, 0.1) is 57.7 Å². The molecule has 1 N–H and O–H groups in total. The zero-order chi connectivity index (χ0) is 30.7. The molecule has 6 rings (SSSR count). The van der Waals surface area contributed by atoms with Gasteiger partial charge in [-0.3, -0.25) is 14.7 Å². The maximum atomic E-state index is 14.4. The van der Waals surface area contributed by atoms with Crippen molar-refractivity contribution in [3.63, 3.8) is 0 Å². The van der Waals surface area contributed by atoms with Gasteiger partial charge in [-0.05, 0) is 124 Å². The molecule has 5 heteroatoms. The van der Waals surface area contributed by atoms with E-state index in [1.807, 2.05) is 6.92 Å². The van der Waals surface area contributed by atoms with Crippen LogP contribution in [0.25, 0.3) is 0 Å². The lowest BCUT2D eigenvalue weighted by Gasteiger charge is -2.70. The van der Waals surface area contributed by atoms with Crippen molar-refractivity contribution in [2.45, 2.75) is 132 Å². The molecule has 42 heavy (non-hydrogen) atoms. The van der Waals surface area contributed by atoms with E-state index in [4.69, 9.17) is 9.84 Å². The molecule has 5 aliphatic rings. The van der Waals surface area contributed by atoms with E-state index in [1.165, 1.54) is 29.8 Å². The number of H-pyrrole nitrogens is 1. The summed E-state index contributed by atoms with van der Waals surface area (Å²) < 4.78 is 5.37. The maximum Gasteiger partial charge on any atom is 0.316 e. The van der Waals surface area contributed by atoms with Crippen molar-refractivity contribution >= 4 is 11.8 Å². The molecule has 0 amide bonds. The third-order valence-electron chi connectivity index (χ3n) is 14.5. The second-order valence-electron chi connectivity index (χ2n) is 17.3. The van der Waals surface area contributed by atoms with Gasteiger partial charge >= 0.3 is 5.97 Å². The highest BCUT2D eigenvalue weighted by Gasteiger charge is 2.69. The lowest BCUT2D eigenvalue weighted by molar-refractivity contribution is -0.171. The van der Waals surface area contributed by atoms with Gasteiger partial charge in [0.05, 0.1) is 12.3 Å². The molecule has 1 aromatic heterocycles. The van der Waals surface area contributed by atoms with Crippen LogP contribution in [0.5, 0.6) is 0 Å². The number of ketones is 1. The van der Waals surface area contributed by atoms with Crippen LogP contribution in [-0.4, -0.2) is 28.6 Å². The fraction of sp³-hybridized carbons (Fsp3) is 0.811. The van der Waals surface area contributed by atoms with Gasteiger partial charge in [-0.15, -0.1) is 0 Å². The molecule has 0 bridgehead atoms. The molecule has 5 aliphatic carbocycles. The highest BCUT2D eigenvalue weighted by molar-refractivity contribution is 6.02. The van der Waals surface area contributed by atoms with E-state index in [0.29, 0.717) is 18.4 Å². The zero-order valence-corrected chi connectivity index (χ0v) is 28.1. The number of carbonyl (C=O) groups is 2. The van der Waals surface area contributed by atoms with Crippen molar-refractivity contribution in [2.75, 3.05) is 6.61 Å². The zero-order valence-electron chi connectivity index (χ0n) is 28.1. The van der Waals surface area contributed by atoms with Gasteiger partial charge in [0, 0.05) is 16.5 Å². The fourth-order valence-corrected chi connectivity index (χ4v) is 12.0. The Bertz CT molecular complexity index is 1340. The highest BCUT2D eigenvalue weighted by atomic mass is 16.5. The Morgan fingerprint density at radius 3 is 2.40 bits per heavy atom. The Morgan fingerprint density at radius 2 is 1.71 bits per heavy atom. The van der Waals surface area contributed by atoms with E-state index in [1.54, 1.807) is 12.5 Å². The molecule has 3 saturated carbocycles. The van der Waals surface area contributed by atoms with Crippen LogP contribution in [0.3, 0.4) is 0 Å². The van der Waals surface area contributed by atoms with Gasteiger partial charge in [0.2, 0.25) is 0 Å². The number of aryl methyl sites for hydroxylation is 1. The second kappa shape index (κ2) is 9.30. The maximum absolute atomic E-state index is 14.4. The third kappa shape index (κ3) is 3.76. The smallest absolute Gasteiger partial charge is 0.316 e. The molecule has 3 fully saturated rings. The Hall–Kier alpha value is -1.91. The highest BCUT2D eigenvalue weighted by Crippen LogP contribution is 2.75. The molecule has 5 nitrogen and oxygen atoms in total. The van der Waals surface area contributed by atoms with Crippen LogP contribution in [-0.2, 0) is 26.2 Å². The third-order valence-corrected chi connectivity index (χ3v) is 14.5. The molecule has 1 heterocycles. The first-order chi connectivity index (χ1) is 19.5. The number of esters is 1. The predicted octanol–water partition coefficient (Wildman–Crippen LogP) is 8.30. The minimum atomic E-state index is -0.697. The fourth-order valence-electron chi connectivity index (χ4n) is 12.0. The number of hydrogen-bond acceptors (Lipinski definition) is 4. The summed E-state index contributed by atoms with van der Waals surface area (Å²) in [7, 11) is 0. The average Bonchev–Trinajstić information content (AvgIpc) is 3.28. The molecule has 0 radical (unpaired) electrons. The van der Waals surface area contributed by atoms with Gasteiger partial charge in [0.25, 0.3) is 0 Å². The molecule has 232 valence electrons. The van der Waals surface area contributed by atoms with Crippen LogP contribution in [0.15, 0.2) is 11.6 Å². The van der Waals surface area contributed by atoms with Gasteiger partial charge in [-0.25, -0.2) is 0 Å². The number of hydrogen-bond donors (Lipinski definition) is 1. The Labute approximate surface area is 254 Å². The molecule has 4 unspecified atom stereocenters. The van der Waals surface area contributed by atoms with Crippen LogP contribution in [0.1, 0.15) is 131 Å². The lowest BCUT2D eigenvalue weighted by atomic mass is 9.33. The number of aromatic nitrogens is 2. The van der Waals surface area contributed by atoms with Gasteiger partial charge in [-0.2, -0.15) is 5.10 Å². The van der Waals surface area contributed by atoms with E-state index in [9.17, 15) is 9.59 Å². The summed E-state index contributed by atoms with van der Waals surface area (Å²) in [5.41, 5.74) is 5.74. The standard InChI is InChI=1S/C37H56N2O3/c1-11-42-31(41)22(2)30(40)37-18-16-32(4,5)21-26(37)25-12-13-28-34(8)20-24-23(3)38-39-29(24)33(6,7)27(34)14-15-36(28,10)35(25,9)17-19-37/h12,22,26-28H,11,13-21H2,1-10H3,(H,38,39)/t22?,26?,27?,28?,34-,35+,36+,37-/m0/s1. The summed E-state index contributed by atoms with van der Waals surface area (Å²) in [6, 6.07) is 0. The van der Waals surface area contributed by atoms with Crippen molar-refractivity contribution in [1.82, 2.24) is 10.2 Å². The quantitative estimate of drug-likeness (QED) is 0.222. The summed E-state index contributed by atoms with van der Waals surface area (Å²) >= 11 is 0. The van der Waals surface area contributed by atoms with E-state index in [0.717, 1.165) is 44.9 Å². The minimum Gasteiger partial charge on any atom is -0.465 e. The monoisotopic (exact) mass is 576 g/mol. The molecule has 0 aromatic carbocycles. The van der Waals surface area contributed by atoms with E-state index < -0.39 is 11.3 Å². The molecule has 0 spiro atoms. The minimum absolute atomic E-state index is 0.0457. The van der Waals surface area contributed by atoms with E-state index in [-0.39, 0.29) is 44.7 Å². The average molecular weight is 577 g/mol. The van der Waals surface area contributed by atoms with Crippen molar-refractivity contribution in [3.05, 3.63) is 28.6 Å². The van der Waals surface area contributed by atoms with Crippen LogP contribution in [0.2, 0.25) is 0 Å². The summed E-state index contributed by atoms with van der Waals surface area (Å²) in [6.45, 7) is 23.6. The van der Waals surface area contributed by atoms with E-state index in [2.05, 4.69) is 66.6 Å². The van der Waals surface area contributed by atoms with Gasteiger partial charge in [0.1, 0.15) is 5.92 Å². The molecule has 1 aromatic rings. The van der Waals surface area contributed by atoms with Crippen LogP contribution >= 0.6 is 0 Å². The Kier molecular flexibility index (Phi) is 6.67. The number of Topliss-reactive ketones (excluding diaryl/α,β-unsaturated/α-hetero) is 1. The molecular weight excluding hydrogens is 520 g/mol. The van der Waals surface area contributed by atoms with E-state index >= 15 is 0 Å². The number of ether oxygens (including phenoxy) is 1. The first-order valence-electron chi connectivity index (χ1n) is 16.9. The summed E-state index contributed by atoms with van der Waals surface area (Å²) in [4.78, 5) is 27.3. The van der Waals surface area contributed by atoms with Crippen molar-refractivity contribution in [1.29, 1.82) is 0 Å². The largest absolute Gasteiger partial charge is 0.465 e. The predicted molar refractivity (Wildman–Crippen MR) is 167 cm³/mol. The van der Waals surface area contributed by atoms with Gasteiger partial charge in [0.15, 0.2) is 5.78 Å². The SMILES string of the molecule is CCOC(=O)C(C)C(=O)[C@]12CCC(C)(C)CC1C1=CCC3[C@@]4(C)Cc5c(n[nH]c5C)C(C)(C)C4CC[C@@]3(C)[C@]1(C)CC2. The number of carbonyl (C=O) groups excluding carboxylic acids is 2. The van der Waals surface area contributed by atoms with Crippen molar-refractivity contribution in [2.24, 2.45) is 50.7 Å². The molecular formula is C37H56N2O3. The second-order valence-corrected chi connectivity index (χ2v) is 17.3. The number of nitrogens with zero attached hydrogens (tertiary/aromatic N) is 1. The first-order valence-corrected chi connectivity index (χ1v) is 16.9. The number of nitrogens with one attached hydrogen (secondary N) is 1. The number of rotatable bonds is 4. The molecule has 8 atom stereocenters. The van der Waals surface area contributed by atoms with Gasteiger partial charge < -0.3 is 4.74 Å². The van der Waals surface area contributed by atoms with Crippen molar-refractivity contribution in [3.8, 4) is 0 Å². The normalized spacial score (nSPS) is 42.0. The summed E-state index contributed by atoms with van der Waals surface area (Å²) in [6.07, 6.45) is 12.2. The van der Waals surface area contributed by atoms with Crippen LogP contribution in [0.4, 0.5) is 0 Å². The lowest BCUT2D eigenvalue weighted by Crippen LogP contribution is -2.65. The number of fused-ring (bicyclic) bond motifs is 8. The number of allylic oxidation sites excluding steroid dienone is 2. The topological polar surface area (TPSA) is 72.1 Å². The summed E-state index contributed by atoms with van der Waals surface area (Å²) in [5.74, 6) is 0.482. The Morgan fingerprint density at radius 1 is 1.02 bits per heavy atom. The van der Waals surface area contributed by atoms with Crippen LogP contribution < -0.4 is 0 Å². The van der Waals surface area contributed by atoms with Gasteiger partial charge in [-0.1, -0.05) is 60.1 Å². The molecule has 0 saturated heterocycles. The number of aromatic amines is 1. The molecule has 0 aliphatic heterocycles.